The highest BCUT2D eigenvalue weighted by Crippen LogP contribution is 2.26. The molecule has 2 nitrogen and oxygen atoms in total. The van der Waals surface area contributed by atoms with Crippen LogP contribution in [0.15, 0.2) is 0 Å². The molecular formula is C19H40N2. The van der Waals surface area contributed by atoms with Crippen LogP contribution in [0, 0.1) is 17.3 Å². The van der Waals surface area contributed by atoms with Gasteiger partial charge in [0.1, 0.15) is 0 Å². The lowest BCUT2D eigenvalue weighted by atomic mass is 9.86. The Hall–Kier alpha value is -0.0800. The molecule has 2 atom stereocenters. The lowest BCUT2D eigenvalue weighted by Gasteiger charge is -2.35. The first-order chi connectivity index (χ1) is 9.99. The van der Waals surface area contributed by atoms with Gasteiger partial charge in [-0.2, -0.15) is 0 Å². The minimum Gasteiger partial charge on any atom is -0.316 e. The molecule has 0 aliphatic carbocycles. The van der Waals surface area contributed by atoms with Gasteiger partial charge in [0.2, 0.25) is 0 Å². The molecule has 0 amide bonds. The van der Waals surface area contributed by atoms with Crippen LogP contribution in [0.5, 0.6) is 0 Å². The van der Waals surface area contributed by atoms with Gasteiger partial charge in [-0.3, -0.25) is 0 Å². The zero-order valence-electron chi connectivity index (χ0n) is 15.4. The van der Waals surface area contributed by atoms with E-state index in [-0.39, 0.29) is 0 Å². The first-order valence-corrected chi connectivity index (χ1v) is 9.42. The van der Waals surface area contributed by atoms with Crippen LogP contribution in [-0.4, -0.2) is 37.6 Å². The van der Waals surface area contributed by atoms with Crippen LogP contribution < -0.4 is 5.32 Å². The van der Waals surface area contributed by atoms with Crippen molar-refractivity contribution in [3.8, 4) is 0 Å². The molecule has 2 heteroatoms. The number of hydrogen-bond donors (Lipinski definition) is 1. The fraction of sp³-hybridized carbons (Fsp3) is 1.00. The van der Waals surface area contributed by atoms with E-state index in [0.29, 0.717) is 5.41 Å². The third-order valence-corrected chi connectivity index (χ3v) is 5.20. The van der Waals surface area contributed by atoms with Crippen molar-refractivity contribution in [1.29, 1.82) is 0 Å². The van der Waals surface area contributed by atoms with E-state index in [1.165, 1.54) is 58.2 Å². The largest absolute Gasteiger partial charge is 0.316 e. The Labute approximate surface area is 134 Å². The molecule has 1 N–H and O–H groups in total. The zero-order chi connectivity index (χ0) is 15.7. The summed E-state index contributed by atoms with van der Waals surface area (Å²) in [5.41, 5.74) is 0.430. The van der Waals surface area contributed by atoms with Crippen LogP contribution >= 0.6 is 0 Å². The minimum atomic E-state index is 0.430. The smallest absolute Gasteiger partial charge is 0.00474 e. The highest BCUT2D eigenvalue weighted by atomic mass is 15.1. The van der Waals surface area contributed by atoms with Gasteiger partial charge >= 0.3 is 0 Å². The number of nitrogens with zero attached hydrogens (tertiary/aromatic N) is 1. The third-order valence-electron chi connectivity index (χ3n) is 5.20. The van der Waals surface area contributed by atoms with E-state index < -0.39 is 0 Å². The fourth-order valence-electron chi connectivity index (χ4n) is 3.58. The topological polar surface area (TPSA) is 15.3 Å². The maximum atomic E-state index is 3.68. The lowest BCUT2D eigenvalue weighted by Crippen LogP contribution is -2.43. The quantitative estimate of drug-likeness (QED) is 0.671. The molecule has 0 saturated carbocycles. The fourth-order valence-corrected chi connectivity index (χ4v) is 3.58. The highest BCUT2D eigenvalue weighted by molar-refractivity contribution is 4.81. The predicted octanol–water partition coefficient (Wildman–Crippen LogP) is 4.55. The maximum Gasteiger partial charge on any atom is 0.00474 e. The van der Waals surface area contributed by atoms with Gasteiger partial charge in [-0.05, 0) is 62.6 Å². The summed E-state index contributed by atoms with van der Waals surface area (Å²) in [7, 11) is 0. The average molecular weight is 297 g/mol. The summed E-state index contributed by atoms with van der Waals surface area (Å²) in [6.45, 7) is 18.0. The van der Waals surface area contributed by atoms with Crippen molar-refractivity contribution in [2.45, 2.75) is 73.1 Å². The van der Waals surface area contributed by atoms with Crippen LogP contribution in [0.3, 0.4) is 0 Å². The second kappa shape index (κ2) is 9.84. The predicted molar refractivity (Wildman–Crippen MR) is 94.8 cm³/mol. The van der Waals surface area contributed by atoms with Crippen molar-refractivity contribution < 1.29 is 0 Å². The van der Waals surface area contributed by atoms with Crippen LogP contribution in [0.2, 0.25) is 0 Å². The van der Waals surface area contributed by atoms with Gasteiger partial charge in [-0.1, -0.05) is 47.5 Å². The average Bonchev–Trinajstić information content (AvgIpc) is 2.64. The van der Waals surface area contributed by atoms with Crippen LogP contribution in [0.25, 0.3) is 0 Å². The molecule has 0 aromatic heterocycles. The number of hydrogen-bond acceptors (Lipinski definition) is 2. The second-order valence-electron chi connectivity index (χ2n) is 8.05. The van der Waals surface area contributed by atoms with E-state index in [4.69, 9.17) is 0 Å². The van der Waals surface area contributed by atoms with Gasteiger partial charge in [-0.25, -0.2) is 0 Å². The summed E-state index contributed by atoms with van der Waals surface area (Å²) < 4.78 is 0. The Morgan fingerprint density at radius 3 is 2.57 bits per heavy atom. The Morgan fingerprint density at radius 2 is 1.95 bits per heavy atom. The summed E-state index contributed by atoms with van der Waals surface area (Å²) in [5, 5.41) is 3.68. The van der Waals surface area contributed by atoms with E-state index >= 15 is 0 Å². The Kier molecular flexibility index (Phi) is 8.89. The Bertz CT molecular complexity index is 264. The summed E-state index contributed by atoms with van der Waals surface area (Å²) in [4.78, 5) is 2.75. The molecule has 1 aliphatic heterocycles. The minimum absolute atomic E-state index is 0.430. The molecule has 0 spiro atoms. The van der Waals surface area contributed by atoms with Crippen molar-refractivity contribution in [2.24, 2.45) is 17.3 Å². The van der Waals surface area contributed by atoms with Crippen molar-refractivity contribution in [3.05, 3.63) is 0 Å². The Morgan fingerprint density at radius 1 is 1.19 bits per heavy atom. The first kappa shape index (κ1) is 19.0. The van der Waals surface area contributed by atoms with E-state index in [1.807, 2.05) is 0 Å². The molecule has 0 aromatic carbocycles. The zero-order valence-corrected chi connectivity index (χ0v) is 15.4. The van der Waals surface area contributed by atoms with Crippen LogP contribution in [-0.2, 0) is 0 Å². The second-order valence-corrected chi connectivity index (χ2v) is 8.05. The van der Waals surface area contributed by atoms with E-state index in [1.54, 1.807) is 0 Å². The normalized spacial score (nSPS) is 24.0. The van der Waals surface area contributed by atoms with Crippen molar-refractivity contribution in [1.82, 2.24) is 10.2 Å². The molecule has 1 saturated heterocycles. The van der Waals surface area contributed by atoms with Crippen LogP contribution in [0.1, 0.15) is 73.1 Å². The van der Waals surface area contributed by atoms with Gasteiger partial charge in [0.25, 0.3) is 0 Å². The van der Waals surface area contributed by atoms with Gasteiger partial charge in [0.05, 0.1) is 0 Å². The molecule has 126 valence electrons. The maximum absolute atomic E-state index is 3.68. The SMILES string of the molecule is CCCC1CCCN(CC(C)(CC)CNCC(C)C)CC1. The molecule has 0 bridgehead atoms. The van der Waals surface area contributed by atoms with Gasteiger partial charge in [0, 0.05) is 13.1 Å². The van der Waals surface area contributed by atoms with Gasteiger partial charge < -0.3 is 10.2 Å². The van der Waals surface area contributed by atoms with E-state index in [9.17, 15) is 0 Å². The molecule has 2 unspecified atom stereocenters. The Balaban J connectivity index is 2.40. The van der Waals surface area contributed by atoms with Crippen molar-refractivity contribution in [2.75, 3.05) is 32.7 Å². The number of likely N-dealkylation sites (tertiary alicyclic amines) is 1. The molecule has 1 aliphatic rings. The third kappa shape index (κ3) is 7.65. The van der Waals surface area contributed by atoms with Crippen molar-refractivity contribution in [3.63, 3.8) is 0 Å². The summed E-state index contributed by atoms with van der Waals surface area (Å²) in [5.74, 6) is 1.74. The lowest BCUT2D eigenvalue weighted by molar-refractivity contribution is 0.156. The number of rotatable bonds is 9. The number of nitrogens with one attached hydrogen (secondary N) is 1. The molecule has 1 rings (SSSR count). The highest BCUT2D eigenvalue weighted by Gasteiger charge is 2.26. The van der Waals surface area contributed by atoms with Crippen LogP contribution in [0.4, 0.5) is 0 Å². The summed E-state index contributed by atoms with van der Waals surface area (Å²) in [6, 6.07) is 0. The van der Waals surface area contributed by atoms with Gasteiger partial charge in [0.15, 0.2) is 0 Å². The first-order valence-electron chi connectivity index (χ1n) is 9.42. The molecule has 1 heterocycles. The summed E-state index contributed by atoms with van der Waals surface area (Å²) in [6.07, 6.45) is 8.36. The summed E-state index contributed by atoms with van der Waals surface area (Å²) >= 11 is 0. The molecule has 21 heavy (non-hydrogen) atoms. The van der Waals surface area contributed by atoms with Gasteiger partial charge in [-0.15, -0.1) is 0 Å². The van der Waals surface area contributed by atoms with Crippen molar-refractivity contribution >= 4 is 0 Å². The monoisotopic (exact) mass is 296 g/mol. The molecular weight excluding hydrogens is 256 g/mol. The van der Waals surface area contributed by atoms with E-state index in [0.717, 1.165) is 24.9 Å². The molecule has 0 radical (unpaired) electrons. The standard InChI is InChI=1S/C19H40N2/c1-6-9-18-10-8-12-21(13-11-18)16-19(5,7-2)15-20-14-17(3)4/h17-18,20H,6-16H2,1-5H3. The molecule has 1 fully saturated rings. The van der Waals surface area contributed by atoms with E-state index in [2.05, 4.69) is 44.8 Å². The molecule has 0 aromatic rings.